The van der Waals surface area contributed by atoms with Crippen LogP contribution in [0, 0.1) is 0 Å². The Morgan fingerprint density at radius 2 is 2.12 bits per heavy atom. The molecule has 1 aromatic heterocycles. The normalized spacial score (nSPS) is 10.7. The van der Waals surface area contributed by atoms with Crippen molar-refractivity contribution in [1.82, 2.24) is 4.57 Å². The van der Waals surface area contributed by atoms with Crippen LogP contribution in [-0.2, 0) is 11.8 Å². The molecule has 3 heteroatoms. The molecule has 0 saturated carbocycles. The maximum Gasteiger partial charge on any atom is 0.129 e. The molecule has 17 heavy (non-hydrogen) atoms. The van der Waals surface area contributed by atoms with Crippen LogP contribution >= 0.6 is 0 Å². The third-order valence-electron chi connectivity index (χ3n) is 2.92. The monoisotopic (exact) mass is 230 g/mol. The molecule has 0 aliphatic rings. The van der Waals surface area contributed by atoms with Crippen molar-refractivity contribution in [3.8, 4) is 0 Å². The van der Waals surface area contributed by atoms with Crippen LogP contribution in [0.3, 0.4) is 0 Å². The molecule has 2 aromatic rings. The van der Waals surface area contributed by atoms with E-state index in [9.17, 15) is 4.79 Å². The van der Waals surface area contributed by atoms with Gasteiger partial charge in [-0.3, -0.25) is 0 Å². The second-order valence-electron chi connectivity index (χ2n) is 4.40. The lowest BCUT2D eigenvalue weighted by Gasteiger charge is -2.03. The van der Waals surface area contributed by atoms with Crippen LogP contribution < -0.4 is 5.32 Å². The molecule has 1 heterocycles. The van der Waals surface area contributed by atoms with Gasteiger partial charge in [-0.25, -0.2) is 0 Å². The molecular weight excluding hydrogens is 212 g/mol. The fraction of sp³-hybridized carbons (Fsp3) is 0.357. The molecule has 0 radical (unpaired) electrons. The molecule has 1 N–H and O–H groups in total. The first-order chi connectivity index (χ1) is 8.18. The van der Waals surface area contributed by atoms with Gasteiger partial charge in [-0.05, 0) is 19.4 Å². The zero-order chi connectivity index (χ0) is 12.3. The van der Waals surface area contributed by atoms with Gasteiger partial charge in [-0.2, -0.15) is 0 Å². The van der Waals surface area contributed by atoms with Gasteiger partial charge in [0.2, 0.25) is 0 Å². The number of nitrogens with zero attached hydrogens (tertiary/aromatic N) is 1. The van der Waals surface area contributed by atoms with Crippen LogP contribution in [0.25, 0.3) is 10.9 Å². The minimum absolute atomic E-state index is 0.254. The summed E-state index contributed by atoms with van der Waals surface area (Å²) < 4.78 is 2.11. The number of aromatic nitrogens is 1. The van der Waals surface area contributed by atoms with E-state index >= 15 is 0 Å². The zero-order valence-corrected chi connectivity index (χ0v) is 10.4. The van der Waals surface area contributed by atoms with Gasteiger partial charge in [0.1, 0.15) is 5.78 Å². The van der Waals surface area contributed by atoms with Crippen molar-refractivity contribution in [2.75, 3.05) is 11.9 Å². The molecular formula is C14H18N2O. The van der Waals surface area contributed by atoms with Gasteiger partial charge in [0.25, 0.3) is 0 Å². The van der Waals surface area contributed by atoms with Crippen molar-refractivity contribution in [2.45, 2.75) is 19.8 Å². The Balaban J connectivity index is 2.06. The number of carbonyl (C=O) groups excluding carboxylic acids is 1. The highest BCUT2D eigenvalue weighted by Gasteiger charge is 2.04. The molecule has 3 nitrogen and oxygen atoms in total. The summed E-state index contributed by atoms with van der Waals surface area (Å²) in [4.78, 5) is 10.8. The van der Waals surface area contributed by atoms with Crippen molar-refractivity contribution in [1.29, 1.82) is 0 Å². The summed E-state index contributed by atoms with van der Waals surface area (Å²) in [6.45, 7) is 2.48. The number of hydrogen-bond acceptors (Lipinski definition) is 2. The van der Waals surface area contributed by atoms with E-state index in [2.05, 4.69) is 28.2 Å². The highest BCUT2D eigenvalue weighted by atomic mass is 16.1. The van der Waals surface area contributed by atoms with Crippen molar-refractivity contribution < 1.29 is 4.79 Å². The third kappa shape index (κ3) is 2.67. The molecule has 0 spiro atoms. The van der Waals surface area contributed by atoms with Gasteiger partial charge in [0, 0.05) is 37.1 Å². The fourth-order valence-corrected chi connectivity index (χ4v) is 2.04. The van der Waals surface area contributed by atoms with Gasteiger partial charge in [0.15, 0.2) is 0 Å². The van der Waals surface area contributed by atoms with E-state index in [1.807, 2.05) is 19.2 Å². The Kier molecular flexibility index (Phi) is 3.47. The SMILES string of the molecule is CC(=O)CCCNc1cn(C)c2ccccc12. The molecule has 90 valence electrons. The molecule has 2 rings (SSSR count). The van der Waals surface area contributed by atoms with Crippen LogP contribution in [0.1, 0.15) is 19.8 Å². The average Bonchev–Trinajstić information content (AvgIpc) is 2.63. The molecule has 0 aliphatic carbocycles. The summed E-state index contributed by atoms with van der Waals surface area (Å²) >= 11 is 0. The third-order valence-corrected chi connectivity index (χ3v) is 2.92. The molecule has 0 bridgehead atoms. The summed E-state index contributed by atoms with van der Waals surface area (Å²) in [5.41, 5.74) is 2.37. The number of rotatable bonds is 5. The highest BCUT2D eigenvalue weighted by molar-refractivity contribution is 5.92. The lowest BCUT2D eigenvalue weighted by molar-refractivity contribution is -0.117. The Morgan fingerprint density at radius 3 is 2.88 bits per heavy atom. The number of nitrogens with one attached hydrogen (secondary N) is 1. The predicted octanol–water partition coefficient (Wildman–Crippen LogP) is 2.96. The van der Waals surface area contributed by atoms with Crippen molar-refractivity contribution in [3.63, 3.8) is 0 Å². The van der Waals surface area contributed by atoms with Crippen molar-refractivity contribution in [2.24, 2.45) is 7.05 Å². The summed E-state index contributed by atoms with van der Waals surface area (Å²) in [7, 11) is 2.04. The first-order valence-corrected chi connectivity index (χ1v) is 5.96. The smallest absolute Gasteiger partial charge is 0.129 e. The van der Waals surface area contributed by atoms with Gasteiger partial charge in [-0.1, -0.05) is 18.2 Å². The molecule has 0 fully saturated rings. The lowest BCUT2D eigenvalue weighted by atomic mass is 10.2. The summed E-state index contributed by atoms with van der Waals surface area (Å²) in [5, 5.41) is 4.62. The number of carbonyl (C=O) groups is 1. The van der Waals surface area contributed by atoms with Gasteiger partial charge in [-0.15, -0.1) is 0 Å². The number of fused-ring (bicyclic) bond motifs is 1. The number of hydrogen-bond donors (Lipinski definition) is 1. The summed E-state index contributed by atoms with van der Waals surface area (Å²) in [6, 6.07) is 8.31. The minimum atomic E-state index is 0.254. The minimum Gasteiger partial charge on any atom is -0.383 e. The average molecular weight is 230 g/mol. The number of para-hydroxylation sites is 1. The zero-order valence-electron chi connectivity index (χ0n) is 10.4. The molecule has 0 atom stereocenters. The second-order valence-corrected chi connectivity index (χ2v) is 4.40. The van der Waals surface area contributed by atoms with Gasteiger partial charge in [0.05, 0.1) is 5.69 Å². The maximum atomic E-state index is 10.8. The molecule has 0 aliphatic heterocycles. The largest absolute Gasteiger partial charge is 0.383 e. The number of anilines is 1. The van der Waals surface area contributed by atoms with Gasteiger partial charge >= 0.3 is 0 Å². The lowest BCUT2D eigenvalue weighted by Crippen LogP contribution is -2.03. The highest BCUT2D eigenvalue weighted by Crippen LogP contribution is 2.24. The Bertz CT molecular complexity index is 528. The van der Waals surface area contributed by atoms with Crippen LogP contribution in [0.15, 0.2) is 30.5 Å². The topological polar surface area (TPSA) is 34.0 Å². The van der Waals surface area contributed by atoms with E-state index in [0.29, 0.717) is 6.42 Å². The first kappa shape index (κ1) is 11.7. The molecule has 0 unspecified atom stereocenters. The van der Waals surface area contributed by atoms with Crippen LogP contribution in [-0.4, -0.2) is 16.9 Å². The molecule has 0 saturated heterocycles. The molecule has 1 aromatic carbocycles. The summed E-state index contributed by atoms with van der Waals surface area (Å²) in [6.07, 6.45) is 3.63. The van der Waals surface area contributed by atoms with E-state index in [4.69, 9.17) is 0 Å². The predicted molar refractivity (Wildman–Crippen MR) is 71.3 cm³/mol. The van der Waals surface area contributed by atoms with E-state index in [0.717, 1.165) is 18.7 Å². The van der Waals surface area contributed by atoms with Crippen molar-refractivity contribution >= 4 is 22.4 Å². The van der Waals surface area contributed by atoms with E-state index in [-0.39, 0.29) is 5.78 Å². The maximum absolute atomic E-state index is 10.8. The Labute approximate surface area is 101 Å². The molecule has 0 amide bonds. The van der Waals surface area contributed by atoms with Gasteiger partial charge < -0.3 is 14.7 Å². The first-order valence-electron chi connectivity index (χ1n) is 5.96. The second kappa shape index (κ2) is 5.04. The summed E-state index contributed by atoms with van der Waals surface area (Å²) in [5.74, 6) is 0.254. The number of aryl methyl sites for hydroxylation is 1. The van der Waals surface area contributed by atoms with Crippen LogP contribution in [0.5, 0.6) is 0 Å². The number of benzene rings is 1. The van der Waals surface area contributed by atoms with E-state index < -0.39 is 0 Å². The quantitative estimate of drug-likeness (QED) is 0.801. The Morgan fingerprint density at radius 1 is 1.35 bits per heavy atom. The van der Waals surface area contributed by atoms with E-state index in [1.54, 1.807) is 6.92 Å². The van der Waals surface area contributed by atoms with Crippen molar-refractivity contribution in [3.05, 3.63) is 30.5 Å². The fourth-order valence-electron chi connectivity index (χ4n) is 2.04. The number of Topliss-reactive ketones (excluding diaryl/α,β-unsaturated/α-hetero) is 1. The van der Waals surface area contributed by atoms with E-state index in [1.165, 1.54) is 10.9 Å². The van der Waals surface area contributed by atoms with Crippen LogP contribution in [0.4, 0.5) is 5.69 Å². The number of ketones is 1. The standard InChI is InChI=1S/C14H18N2O/c1-11(17)6-5-9-15-13-10-16(2)14-8-4-3-7-12(13)14/h3-4,7-8,10,15H,5-6,9H2,1-2H3. The van der Waals surface area contributed by atoms with Crippen LogP contribution in [0.2, 0.25) is 0 Å². The Hall–Kier alpha value is -1.77.